The fourth-order valence-electron chi connectivity index (χ4n) is 2.15. The Bertz CT molecular complexity index is 618. The molecule has 1 aliphatic carbocycles. The lowest BCUT2D eigenvalue weighted by Gasteiger charge is -2.22. The van der Waals surface area contributed by atoms with Crippen molar-refractivity contribution in [2.75, 3.05) is 5.73 Å². The first-order chi connectivity index (χ1) is 9.65. The molecule has 1 heterocycles. The zero-order valence-electron chi connectivity index (χ0n) is 10.8. The van der Waals surface area contributed by atoms with Crippen molar-refractivity contribution in [3.8, 4) is 0 Å². The van der Waals surface area contributed by atoms with Crippen molar-refractivity contribution in [3.05, 3.63) is 46.7 Å². The van der Waals surface area contributed by atoms with E-state index in [1.54, 1.807) is 0 Å². The number of aromatic amines is 1. The Balaban J connectivity index is 1.81. The summed E-state index contributed by atoms with van der Waals surface area (Å²) in [5.74, 6) is -0.0996. The summed E-state index contributed by atoms with van der Waals surface area (Å²) in [6, 6.07) is 7.82. The largest absolute Gasteiger partial charge is 0.396 e. The maximum absolute atomic E-state index is 12.5. The fourth-order valence-corrected chi connectivity index (χ4v) is 2.28. The first kappa shape index (κ1) is 13.0. The van der Waals surface area contributed by atoms with E-state index in [2.05, 4.69) is 10.2 Å². The van der Waals surface area contributed by atoms with Gasteiger partial charge in [0.25, 0.3) is 5.91 Å². The molecule has 2 aromatic rings. The molecule has 1 amide bonds. The van der Waals surface area contributed by atoms with Crippen LogP contribution in [0.5, 0.6) is 0 Å². The van der Waals surface area contributed by atoms with Crippen LogP contribution >= 0.6 is 11.6 Å². The minimum absolute atomic E-state index is 0.0996. The summed E-state index contributed by atoms with van der Waals surface area (Å²) < 4.78 is 0. The van der Waals surface area contributed by atoms with Crippen LogP contribution < -0.4 is 5.73 Å². The monoisotopic (exact) mass is 290 g/mol. The summed E-state index contributed by atoms with van der Waals surface area (Å²) >= 11 is 5.88. The minimum Gasteiger partial charge on any atom is -0.396 e. The molecule has 0 aliphatic heterocycles. The quantitative estimate of drug-likeness (QED) is 0.908. The third-order valence-corrected chi connectivity index (χ3v) is 3.65. The van der Waals surface area contributed by atoms with Gasteiger partial charge in [-0.1, -0.05) is 23.7 Å². The molecule has 0 atom stereocenters. The van der Waals surface area contributed by atoms with Gasteiger partial charge in [-0.3, -0.25) is 9.89 Å². The molecule has 1 aliphatic rings. The van der Waals surface area contributed by atoms with Crippen LogP contribution in [-0.4, -0.2) is 27.0 Å². The van der Waals surface area contributed by atoms with E-state index in [1.165, 1.54) is 6.20 Å². The number of carbonyl (C=O) groups excluding carboxylic acids is 1. The molecule has 1 fully saturated rings. The van der Waals surface area contributed by atoms with Gasteiger partial charge >= 0.3 is 0 Å². The Morgan fingerprint density at radius 1 is 1.40 bits per heavy atom. The van der Waals surface area contributed by atoms with Gasteiger partial charge in [0.1, 0.15) is 5.69 Å². The molecule has 6 heteroatoms. The number of H-pyrrole nitrogens is 1. The molecule has 0 bridgehead atoms. The van der Waals surface area contributed by atoms with Gasteiger partial charge in [0.05, 0.1) is 11.9 Å². The summed E-state index contributed by atoms with van der Waals surface area (Å²) in [5.41, 5.74) is 7.56. The molecule has 5 nitrogen and oxygen atoms in total. The summed E-state index contributed by atoms with van der Waals surface area (Å²) in [5, 5.41) is 7.18. The molecule has 3 N–H and O–H groups in total. The number of carbonyl (C=O) groups is 1. The second-order valence-corrected chi connectivity index (χ2v) is 5.43. The lowest BCUT2D eigenvalue weighted by atomic mass is 10.2. The second kappa shape index (κ2) is 5.17. The Labute approximate surface area is 121 Å². The number of benzene rings is 1. The van der Waals surface area contributed by atoms with Crippen LogP contribution in [0.2, 0.25) is 5.02 Å². The van der Waals surface area contributed by atoms with Crippen LogP contribution in [0.1, 0.15) is 28.9 Å². The maximum Gasteiger partial charge on any atom is 0.274 e. The van der Waals surface area contributed by atoms with Crippen molar-refractivity contribution in [1.82, 2.24) is 15.1 Å². The van der Waals surface area contributed by atoms with Crippen LogP contribution in [0.3, 0.4) is 0 Å². The van der Waals surface area contributed by atoms with Crippen molar-refractivity contribution in [2.45, 2.75) is 25.4 Å². The zero-order valence-corrected chi connectivity index (χ0v) is 11.6. The highest BCUT2D eigenvalue weighted by molar-refractivity contribution is 6.30. The summed E-state index contributed by atoms with van der Waals surface area (Å²) in [7, 11) is 0. The van der Waals surface area contributed by atoms with E-state index in [9.17, 15) is 4.79 Å². The number of hydrogen-bond donors (Lipinski definition) is 2. The molecular weight excluding hydrogens is 276 g/mol. The van der Waals surface area contributed by atoms with E-state index >= 15 is 0 Å². The molecule has 1 aromatic carbocycles. The first-order valence-electron chi connectivity index (χ1n) is 6.49. The van der Waals surface area contributed by atoms with Crippen LogP contribution in [-0.2, 0) is 6.54 Å². The Morgan fingerprint density at radius 2 is 2.10 bits per heavy atom. The third-order valence-electron chi connectivity index (χ3n) is 3.40. The molecule has 0 radical (unpaired) electrons. The molecule has 20 heavy (non-hydrogen) atoms. The van der Waals surface area contributed by atoms with Gasteiger partial charge in [-0.25, -0.2) is 0 Å². The van der Waals surface area contributed by atoms with Crippen LogP contribution in [0.4, 0.5) is 5.69 Å². The van der Waals surface area contributed by atoms with Gasteiger partial charge in [0.15, 0.2) is 0 Å². The summed E-state index contributed by atoms with van der Waals surface area (Å²) in [6.45, 7) is 0.555. The highest BCUT2D eigenvalue weighted by Crippen LogP contribution is 2.30. The number of halogens is 1. The molecular formula is C14H15ClN4O. The first-order valence-corrected chi connectivity index (χ1v) is 6.87. The fraction of sp³-hybridized carbons (Fsp3) is 0.286. The number of rotatable bonds is 4. The van der Waals surface area contributed by atoms with Gasteiger partial charge in [-0.05, 0) is 30.5 Å². The summed E-state index contributed by atoms with van der Waals surface area (Å²) in [4.78, 5) is 14.4. The maximum atomic E-state index is 12.5. The van der Waals surface area contributed by atoms with E-state index in [0.29, 0.717) is 29.0 Å². The lowest BCUT2D eigenvalue weighted by Crippen LogP contribution is -2.33. The van der Waals surface area contributed by atoms with Crippen LogP contribution in [0.15, 0.2) is 30.5 Å². The van der Waals surface area contributed by atoms with Gasteiger partial charge < -0.3 is 10.6 Å². The number of aromatic nitrogens is 2. The molecule has 0 unspecified atom stereocenters. The summed E-state index contributed by atoms with van der Waals surface area (Å²) in [6.07, 6.45) is 3.53. The van der Waals surface area contributed by atoms with Gasteiger partial charge in [0, 0.05) is 17.6 Å². The number of nitrogens with two attached hydrogens (primary N) is 1. The van der Waals surface area contributed by atoms with E-state index < -0.39 is 0 Å². The standard InChI is InChI=1S/C14H15ClN4O/c15-10-3-1-9(2-4-10)8-19(11-5-6-11)14(20)13-12(16)7-17-18-13/h1-4,7,11H,5-6,8,16H2,(H,17,18). The number of nitrogen functional groups attached to an aromatic ring is 1. The van der Waals surface area contributed by atoms with E-state index in [-0.39, 0.29) is 5.91 Å². The normalized spacial score (nSPS) is 14.2. The topological polar surface area (TPSA) is 75.0 Å². The number of hydrogen-bond acceptors (Lipinski definition) is 3. The average molecular weight is 291 g/mol. The van der Waals surface area contributed by atoms with Crippen LogP contribution in [0, 0.1) is 0 Å². The van der Waals surface area contributed by atoms with E-state index in [1.807, 2.05) is 29.2 Å². The number of nitrogens with zero attached hydrogens (tertiary/aromatic N) is 2. The predicted octanol–water partition coefficient (Wildman–Crippen LogP) is 2.45. The van der Waals surface area contributed by atoms with E-state index in [4.69, 9.17) is 17.3 Å². The van der Waals surface area contributed by atoms with Crippen molar-refractivity contribution in [2.24, 2.45) is 0 Å². The van der Waals surface area contributed by atoms with Crippen molar-refractivity contribution < 1.29 is 4.79 Å². The Morgan fingerprint density at radius 3 is 2.65 bits per heavy atom. The SMILES string of the molecule is Nc1cn[nH]c1C(=O)N(Cc1ccc(Cl)cc1)C1CC1. The smallest absolute Gasteiger partial charge is 0.274 e. The Kier molecular flexibility index (Phi) is 3.36. The predicted molar refractivity (Wildman–Crippen MR) is 77.3 cm³/mol. The molecule has 1 saturated carbocycles. The number of anilines is 1. The lowest BCUT2D eigenvalue weighted by molar-refractivity contribution is 0.0725. The highest BCUT2D eigenvalue weighted by atomic mass is 35.5. The van der Waals surface area contributed by atoms with Gasteiger partial charge in [-0.15, -0.1) is 0 Å². The number of amides is 1. The third kappa shape index (κ3) is 2.63. The minimum atomic E-state index is -0.0996. The van der Waals surface area contributed by atoms with E-state index in [0.717, 1.165) is 18.4 Å². The number of nitrogens with one attached hydrogen (secondary N) is 1. The Hall–Kier alpha value is -2.01. The van der Waals surface area contributed by atoms with Crippen molar-refractivity contribution in [1.29, 1.82) is 0 Å². The van der Waals surface area contributed by atoms with Gasteiger partial charge in [0.2, 0.25) is 0 Å². The van der Waals surface area contributed by atoms with Crippen molar-refractivity contribution in [3.63, 3.8) is 0 Å². The average Bonchev–Trinajstić information content (AvgIpc) is 3.19. The molecule has 0 saturated heterocycles. The highest BCUT2D eigenvalue weighted by Gasteiger charge is 2.34. The molecule has 3 rings (SSSR count). The second-order valence-electron chi connectivity index (χ2n) is 4.99. The molecule has 1 aromatic heterocycles. The molecule has 0 spiro atoms. The van der Waals surface area contributed by atoms with Gasteiger partial charge in [-0.2, -0.15) is 5.10 Å². The zero-order chi connectivity index (χ0) is 14.1. The van der Waals surface area contributed by atoms with Crippen LogP contribution in [0.25, 0.3) is 0 Å². The molecule has 104 valence electrons. The van der Waals surface area contributed by atoms with Crippen molar-refractivity contribution >= 4 is 23.2 Å².